The summed E-state index contributed by atoms with van der Waals surface area (Å²) >= 11 is 0. The second-order valence-electron chi connectivity index (χ2n) is 6.06. The van der Waals surface area contributed by atoms with Gasteiger partial charge in [0.15, 0.2) is 17.2 Å². The molecular formula is C19H16FN5O. The highest BCUT2D eigenvalue weighted by Crippen LogP contribution is 2.32. The molecule has 0 saturated heterocycles. The number of aromatic hydroxyl groups is 1. The number of nitrogens with zero attached hydrogens (tertiary/aromatic N) is 4. The van der Waals surface area contributed by atoms with Crippen LogP contribution in [0.4, 0.5) is 10.2 Å². The minimum atomic E-state index is -0.693. The monoisotopic (exact) mass is 349 g/mol. The van der Waals surface area contributed by atoms with Gasteiger partial charge in [-0.05, 0) is 36.2 Å². The third kappa shape index (κ3) is 2.63. The first kappa shape index (κ1) is 16.0. The molecule has 0 radical (unpaired) electrons. The highest BCUT2D eigenvalue weighted by Gasteiger charge is 2.18. The minimum absolute atomic E-state index is 0.282. The Labute approximate surface area is 148 Å². The van der Waals surface area contributed by atoms with Crippen molar-refractivity contribution in [3.8, 4) is 17.0 Å². The van der Waals surface area contributed by atoms with Crippen molar-refractivity contribution in [3.05, 3.63) is 65.7 Å². The van der Waals surface area contributed by atoms with Crippen molar-refractivity contribution in [2.45, 2.75) is 13.5 Å². The number of aromatic nitrogens is 4. The van der Waals surface area contributed by atoms with Crippen molar-refractivity contribution in [3.63, 3.8) is 0 Å². The predicted molar refractivity (Wildman–Crippen MR) is 97.1 cm³/mol. The van der Waals surface area contributed by atoms with Crippen LogP contribution in [0.2, 0.25) is 0 Å². The molecular weight excluding hydrogens is 333 g/mol. The number of anilines is 1. The molecule has 0 amide bonds. The Kier molecular flexibility index (Phi) is 3.76. The third-order valence-corrected chi connectivity index (χ3v) is 4.36. The number of halogens is 1. The van der Waals surface area contributed by atoms with Crippen molar-refractivity contribution in [1.82, 2.24) is 19.7 Å². The number of benzene rings is 2. The zero-order chi connectivity index (χ0) is 18.3. The van der Waals surface area contributed by atoms with Crippen LogP contribution in [-0.4, -0.2) is 24.9 Å². The van der Waals surface area contributed by atoms with Gasteiger partial charge in [-0.3, -0.25) is 0 Å². The van der Waals surface area contributed by atoms with Crippen LogP contribution in [0.5, 0.6) is 5.75 Å². The SMILES string of the molecule is Cc1ccccc1Cn1nc(-c2ccc(F)c(O)c2)c2c(N)ncnc21. The molecule has 0 unspecified atom stereocenters. The Morgan fingerprint density at radius 2 is 1.96 bits per heavy atom. The number of nitrogen functional groups attached to an aromatic ring is 1. The van der Waals surface area contributed by atoms with E-state index in [0.717, 1.165) is 11.1 Å². The number of aryl methyl sites for hydroxylation is 1. The molecule has 2 heterocycles. The molecule has 0 aliphatic heterocycles. The van der Waals surface area contributed by atoms with E-state index >= 15 is 0 Å². The summed E-state index contributed by atoms with van der Waals surface area (Å²) in [4.78, 5) is 8.37. The summed E-state index contributed by atoms with van der Waals surface area (Å²) in [5.41, 5.74) is 9.92. The van der Waals surface area contributed by atoms with Crippen molar-refractivity contribution in [2.24, 2.45) is 0 Å². The zero-order valence-electron chi connectivity index (χ0n) is 14.0. The second kappa shape index (κ2) is 6.11. The summed E-state index contributed by atoms with van der Waals surface area (Å²) in [5.74, 6) is -0.856. The lowest BCUT2D eigenvalue weighted by Gasteiger charge is -2.06. The summed E-state index contributed by atoms with van der Waals surface area (Å²) in [6.07, 6.45) is 1.39. The van der Waals surface area contributed by atoms with Crippen LogP contribution in [0.15, 0.2) is 48.8 Å². The molecule has 26 heavy (non-hydrogen) atoms. The first-order valence-corrected chi connectivity index (χ1v) is 8.05. The maximum Gasteiger partial charge on any atom is 0.164 e. The molecule has 7 heteroatoms. The van der Waals surface area contributed by atoms with E-state index in [0.29, 0.717) is 28.8 Å². The first-order chi connectivity index (χ1) is 12.5. The van der Waals surface area contributed by atoms with E-state index in [-0.39, 0.29) is 5.82 Å². The van der Waals surface area contributed by atoms with Gasteiger partial charge in [-0.15, -0.1) is 0 Å². The number of phenols is 1. The number of phenolic OH excluding ortho intramolecular Hbond substituents is 1. The molecule has 0 aliphatic carbocycles. The van der Waals surface area contributed by atoms with Crippen LogP contribution in [0, 0.1) is 12.7 Å². The lowest BCUT2D eigenvalue weighted by molar-refractivity contribution is 0.432. The maximum atomic E-state index is 13.4. The lowest BCUT2D eigenvalue weighted by atomic mass is 10.1. The van der Waals surface area contributed by atoms with Gasteiger partial charge in [0.1, 0.15) is 17.8 Å². The summed E-state index contributed by atoms with van der Waals surface area (Å²) in [6, 6.07) is 12.1. The van der Waals surface area contributed by atoms with Gasteiger partial charge in [0.25, 0.3) is 0 Å². The van der Waals surface area contributed by atoms with Crippen LogP contribution in [0.1, 0.15) is 11.1 Å². The van der Waals surface area contributed by atoms with Gasteiger partial charge in [-0.1, -0.05) is 24.3 Å². The van der Waals surface area contributed by atoms with E-state index < -0.39 is 11.6 Å². The summed E-state index contributed by atoms with van der Waals surface area (Å²) in [5, 5.41) is 14.9. The molecule has 0 spiro atoms. The topological polar surface area (TPSA) is 89.8 Å². The largest absolute Gasteiger partial charge is 0.505 e. The lowest BCUT2D eigenvalue weighted by Crippen LogP contribution is -2.04. The first-order valence-electron chi connectivity index (χ1n) is 8.05. The van der Waals surface area contributed by atoms with Gasteiger partial charge in [0.2, 0.25) is 0 Å². The van der Waals surface area contributed by atoms with Crippen LogP contribution in [0.3, 0.4) is 0 Å². The van der Waals surface area contributed by atoms with Crippen molar-refractivity contribution in [2.75, 3.05) is 5.73 Å². The van der Waals surface area contributed by atoms with E-state index in [1.807, 2.05) is 31.2 Å². The van der Waals surface area contributed by atoms with Crippen LogP contribution < -0.4 is 5.73 Å². The average molecular weight is 349 g/mol. The molecule has 0 aliphatic rings. The molecule has 0 fully saturated rings. The Hall–Kier alpha value is -3.48. The van der Waals surface area contributed by atoms with Gasteiger partial charge in [-0.2, -0.15) is 5.10 Å². The maximum absolute atomic E-state index is 13.4. The predicted octanol–water partition coefficient (Wildman–Crippen LogP) is 3.28. The van der Waals surface area contributed by atoms with E-state index in [9.17, 15) is 9.50 Å². The number of nitrogens with two attached hydrogens (primary N) is 1. The molecule has 4 rings (SSSR count). The summed E-state index contributed by atoms with van der Waals surface area (Å²) in [6.45, 7) is 2.54. The van der Waals surface area contributed by atoms with Gasteiger partial charge in [0, 0.05) is 5.56 Å². The Morgan fingerprint density at radius 1 is 1.15 bits per heavy atom. The Balaban J connectivity index is 1.91. The molecule has 130 valence electrons. The molecule has 6 nitrogen and oxygen atoms in total. The Bertz CT molecular complexity index is 1120. The highest BCUT2D eigenvalue weighted by atomic mass is 19.1. The van der Waals surface area contributed by atoms with Crippen LogP contribution in [-0.2, 0) is 6.54 Å². The highest BCUT2D eigenvalue weighted by molar-refractivity contribution is 5.98. The number of fused-ring (bicyclic) bond motifs is 1. The van der Waals surface area contributed by atoms with E-state index in [4.69, 9.17) is 5.73 Å². The summed E-state index contributed by atoms with van der Waals surface area (Å²) < 4.78 is 15.2. The zero-order valence-corrected chi connectivity index (χ0v) is 14.0. The quantitative estimate of drug-likeness (QED) is 0.592. The number of hydrogen-bond acceptors (Lipinski definition) is 5. The summed E-state index contributed by atoms with van der Waals surface area (Å²) in [7, 11) is 0. The van der Waals surface area contributed by atoms with Gasteiger partial charge < -0.3 is 10.8 Å². The molecule has 2 aromatic heterocycles. The van der Waals surface area contributed by atoms with Crippen molar-refractivity contribution in [1.29, 1.82) is 0 Å². The second-order valence-corrected chi connectivity index (χ2v) is 6.06. The van der Waals surface area contributed by atoms with Gasteiger partial charge in [0.05, 0.1) is 11.9 Å². The molecule has 2 aromatic carbocycles. The van der Waals surface area contributed by atoms with E-state index in [2.05, 4.69) is 15.1 Å². The Morgan fingerprint density at radius 3 is 2.73 bits per heavy atom. The number of hydrogen-bond donors (Lipinski definition) is 2. The smallest absolute Gasteiger partial charge is 0.164 e. The molecule has 0 atom stereocenters. The van der Waals surface area contributed by atoms with Gasteiger partial charge in [-0.25, -0.2) is 19.0 Å². The molecule has 3 N–H and O–H groups in total. The fourth-order valence-electron chi connectivity index (χ4n) is 2.95. The molecule has 0 bridgehead atoms. The van der Waals surface area contributed by atoms with Gasteiger partial charge >= 0.3 is 0 Å². The van der Waals surface area contributed by atoms with Crippen molar-refractivity contribution >= 4 is 16.9 Å². The minimum Gasteiger partial charge on any atom is -0.505 e. The third-order valence-electron chi connectivity index (χ3n) is 4.36. The average Bonchev–Trinajstić information content (AvgIpc) is 2.99. The van der Waals surface area contributed by atoms with E-state index in [1.54, 1.807) is 10.7 Å². The standard InChI is InChI=1S/C19H16FN5O/c1-11-4-2-3-5-13(11)9-25-19-16(18(21)22-10-23-19)17(24-25)12-6-7-14(20)15(26)8-12/h2-8,10,26H,9H2,1H3,(H2,21,22,23). The normalized spacial score (nSPS) is 11.2. The van der Waals surface area contributed by atoms with Crippen molar-refractivity contribution < 1.29 is 9.50 Å². The number of rotatable bonds is 3. The van der Waals surface area contributed by atoms with E-state index in [1.165, 1.54) is 18.5 Å². The fourth-order valence-corrected chi connectivity index (χ4v) is 2.95. The van der Waals surface area contributed by atoms with Crippen LogP contribution >= 0.6 is 0 Å². The molecule has 4 aromatic rings. The molecule has 0 saturated carbocycles. The fraction of sp³-hybridized carbons (Fsp3) is 0.105. The van der Waals surface area contributed by atoms with Crippen LogP contribution in [0.25, 0.3) is 22.3 Å².